The molecule has 1 amide bonds. The van der Waals surface area contributed by atoms with Gasteiger partial charge in [-0.25, -0.2) is 4.98 Å². The van der Waals surface area contributed by atoms with Crippen LogP contribution in [0.25, 0.3) is 0 Å². The number of hydrogen-bond donors (Lipinski definition) is 3. The summed E-state index contributed by atoms with van der Waals surface area (Å²) in [6, 6.07) is 3.25. The molecule has 2 heterocycles. The Hall–Kier alpha value is -1.99. The van der Waals surface area contributed by atoms with Crippen molar-refractivity contribution in [2.75, 3.05) is 10.7 Å². The molecule has 0 saturated heterocycles. The van der Waals surface area contributed by atoms with Crippen molar-refractivity contribution < 1.29 is 4.79 Å². The van der Waals surface area contributed by atoms with Gasteiger partial charge in [0.2, 0.25) is 0 Å². The third-order valence-electron chi connectivity index (χ3n) is 2.49. The summed E-state index contributed by atoms with van der Waals surface area (Å²) in [6.07, 6.45) is 1.52. The van der Waals surface area contributed by atoms with Gasteiger partial charge in [0.1, 0.15) is 5.69 Å². The molecule has 7 heteroatoms. The molecule has 0 unspecified atom stereocenters. The number of carbonyl (C=O) groups excluding carboxylic acids is 1. The number of hydrazine groups is 1. The van der Waals surface area contributed by atoms with Crippen LogP contribution in [0, 0.1) is 0 Å². The van der Waals surface area contributed by atoms with Crippen molar-refractivity contribution in [3.8, 4) is 0 Å². The number of amides is 1. The predicted molar refractivity (Wildman–Crippen MR) is 76.2 cm³/mol. The molecule has 0 bridgehead atoms. The number of thiazole rings is 1. The van der Waals surface area contributed by atoms with E-state index in [2.05, 4.69) is 34.6 Å². The van der Waals surface area contributed by atoms with Crippen LogP contribution in [0.15, 0.2) is 23.7 Å². The van der Waals surface area contributed by atoms with Crippen LogP contribution in [0.1, 0.15) is 35.9 Å². The smallest absolute Gasteiger partial charge is 0.276 e. The lowest BCUT2D eigenvalue weighted by atomic mass is 10.2. The molecular weight excluding hydrogens is 262 g/mol. The van der Waals surface area contributed by atoms with Gasteiger partial charge in [0.15, 0.2) is 5.13 Å². The van der Waals surface area contributed by atoms with E-state index in [1.165, 1.54) is 17.5 Å². The quantitative estimate of drug-likeness (QED) is 0.588. The fourth-order valence-electron chi connectivity index (χ4n) is 1.41. The van der Waals surface area contributed by atoms with Crippen molar-refractivity contribution in [1.29, 1.82) is 0 Å². The van der Waals surface area contributed by atoms with Gasteiger partial charge >= 0.3 is 0 Å². The highest BCUT2D eigenvalue weighted by Gasteiger charge is 2.11. The SMILES string of the molecule is CC(C)c1csc(NC(=O)c2cc(NN)ccn2)n1. The summed E-state index contributed by atoms with van der Waals surface area (Å²) >= 11 is 1.40. The Morgan fingerprint density at radius 1 is 1.47 bits per heavy atom. The van der Waals surface area contributed by atoms with Crippen LogP contribution in [-0.4, -0.2) is 15.9 Å². The van der Waals surface area contributed by atoms with E-state index in [9.17, 15) is 4.79 Å². The summed E-state index contributed by atoms with van der Waals surface area (Å²) < 4.78 is 0. The molecule has 0 spiro atoms. The summed E-state index contributed by atoms with van der Waals surface area (Å²) in [7, 11) is 0. The molecule has 6 nitrogen and oxygen atoms in total. The van der Waals surface area contributed by atoms with Gasteiger partial charge in [-0.1, -0.05) is 13.8 Å². The summed E-state index contributed by atoms with van der Waals surface area (Å²) in [5.74, 6) is 5.32. The summed E-state index contributed by atoms with van der Waals surface area (Å²) in [5.41, 5.74) is 4.35. The number of pyridine rings is 1. The second kappa shape index (κ2) is 5.77. The lowest BCUT2D eigenvalue weighted by molar-refractivity contribution is 0.102. The average molecular weight is 277 g/mol. The fraction of sp³-hybridized carbons (Fsp3) is 0.250. The molecule has 4 N–H and O–H groups in total. The Bertz CT molecular complexity index is 581. The van der Waals surface area contributed by atoms with Crippen molar-refractivity contribution in [2.24, 2.45) is 5.84 Å². The number of nitrogens with one attached hydrogen (secondary N) is 2. The zero-order valence-corrected chi connectivity index (χ0v) is 11.5. The molecule has 0 aliphatic rings. The first-order valence-electron chi connectivity index (χ1n) is 5.79. The molecule has 2 aromatic rings. The van der Waals surface area contributed by atoms with E-state index in [-0.39, 0.29) is 11.6 Å². The van der Waals surface area contributed by atoms with Gasteiger partial charge in [0.05, 0.1) is 11.4 Å². The maximum absolute atomic E-state index is 12.0. The van der Waals surface area contributed by atoms with E-state index in [0.717, 1.165) is 5.69 Å². The number of nitrogen functional groups attached to an aromatic ring is 1. The van der Waals surface area contributed by atoms with Crippen molar-refractivity contribution in [3.05, 3.63) is 35.1 Å². The van der Waals surface area contributed by atoms with E-state index in [4.69, 9.17) is 5.84 Å². The number of rotatable bonds is 4. The normalized spacial score (nSPS) is 10.5. The second-order valence-corrected chi connectivity index (χ2v) is 5.12. The highest BCUT2D eigenvalue weighted by Crippen LogP contribution is 2.21. The Kier molecular flexibility index (Phi) is 4.08. The van der Waals surface area contributed by atoms with Crippen molar-refractivity contribution in [1.82, 2.24) is 9.97 Å². The Morgan fingerprint density at radius 3 is 2.89 bits per heavy atom. The zero-order chi connectivity index (χ0) is 13.8. The van der Waals surface area contributed by atoms with Gasteiger partial charge < -0.3 is 5.43 Å². The molecule has 0 aliphatic carbocycles. The molecule has 2 rings (SSSR count). The first-order chi connectivity index (χ1) is 9.10. The van der Waals surface area contributed by atoms with Crippen LogP contribution < -0.4 is 16.6 Å². The van der Waals surface area contributed by atoms with Gasteiger partial charge in [0, 0.05) is 11.6 Å². The lowest BCUT2D eigenvalue weighted by Gasteiger charge is -2.03. The summed E-state index contributed by atoms with van der Waals surface area (Å²) in [6.45, 7) is 4.11. The number of nitrogens with two attached hydrogens (primary N) is 1. The number of anilines is 2. The standard InChI is InChI=1S/C12H15N5OS/c1-7(2)10-6-19-12(15-10)16-11(18)9-5-8(17-13)3-4-14-9/h3-7H,13H2,1-2H3,(H,14,17)(H,15,16,18). The molecule has 2 aromatic heterocycles. The van der Waals surface area contributed by atoms with Crippen LogP contribution in [0.3, 0.4) is 0 Å². The van der Waals surface area contributed by atoms with Crippen molar-refractivity contribution in [3.63, 3.8) is 0 Å². The van der Waals surface area contributed by atoms with Gasteiger partial charge in [-0.3, -0.25) is 20.9 Å². The monoisotopic (exact) mass is 277 g/mol. The summed E-state index contributed by atoms with van der Waals surface area (Å²) in [5, 5.41) is 5.23. The third kappa shape index (κ3) is 3.27. The molecule has 0 aromatic carbocycles. The van der Waals surface area contributed by atoms with E-state index in [0.29, 0.717) is 16.7 Å². The largest absolute Gasteiger partial charge is 0.324 e. The Morgan fingerprint density at radius 2 is 2.26 bits per heavy atom. The van der Waals surface area contributed by atoms with Crippen LogP contribution in [-0.2, 0) is 0 Å². The minimum atomic E-state index is -0.304. The first-order valence-corrected chi connectivity index (χ1v) is 6.67. The van der Waals surface area contributed by atoms with Gasteiger partial charge in [-0.15, -0.1) is 11.3 Å². The Balaban J connectivity index is 2.11. The van der Waals surface area contributed by atoms with E-state index in [1.807, 2.05) is 5.38 Å². The highest BCUT2D eigenvalue weighted by atomic mass is 32.1. The van der Waals surface area contributed by atoms with Gasteiger partial charge in [0.25, 0.3) is 5.91 Å². The minimum Gasteiger partial charge on any atom is -0.324 e. The van der Waals surface area contributed by atoms with Gasteiger partial charge in [-0.05, 0) is 18.1 Å². The van der Waals surface area contributed by atoms with E-state index in [1.54, 1.807) is 12.1 Å². The number of carbonyl (C=O) groups is 1. The number of nitrogens with zero attached hydrogens (tertiary/aromatic N) is 2. The van der Waals surface area contributed by atoms with Crippen LogP contribution in [0.4, 0.5) is 10.8 Å². The van der Waals surface area contributed by atoms with Crippen LogP contribution in [0.5, 0.6) is 0 Å². The molecule has 0 fully saturated rings. The minimum absolute atomic E-state index is 0.289. The third-order valence-corrected chi connectivity index (χ3v) is 3.27. The zero-order valence-electron chi connectivity index (χ0n) is 10.7. The first kappa shape index (κ1) is 13.4. The van der Waals surface area contributed by atoms with Crippen molar-refractivity contribution in [2.45, 2.75) is 19.8 Å². The fourth-order valence-corrected chi connectivity index (χ4v) is 2.28. The molecule has 19 heavy (non-hydrogen) atoms. The topological polar surface area (TPSA) is 92.9 Å². The highest BCUT2D eigenvalue weighted by molar-refractivity contribution is 7.14. The molecule has 0 aliphatic heterocycles. The predicted octanol–water partition coefficient (Wildman–Crippen LogP) is 2.20. The second-order valence-electron chi connectivity index (χ2n) is 4.26. The Labute approximate surface area is 115 Å². The lowest BCUT2D eigenvalue weighted by Crippen LogP contribution is -2.15. The average Bonchev–Trinajstić information content (AvgIpc) is 2.87. The van der Waals surface area contributed by atoms with Crippen LogP contribution in [0.2, 0.25) is 0 Å². The molecular formula is C12H15N5OS. The molecule has 100 valence electrons. The summed E-state index contributed by atoms with van der Waals surface area (Å²) in [4.78, 5) is 20.3. The van der Waals surface area contributed by atoms with E-state index >= 15 is 0 Å². The van der Waals surface area contributed by atoms with Crippen molar-refractivity contribution >= 4 is 28.1 Å². The maximum atomic E-state index is 12.0. The number of aromatic nitrogens is 2. The van der Waals surface area contributed by atoms with Crippen LogP contribution >= 0.6 is 11.3 Å². The molecule has 0 saturated carbocycles. The maximum Gasteiger partial charge on any atom is 0.276 e. The van der Waals surface area contributed by atoms with Gasteiger partial charge in [-0.2, -0.15) is 0 Å². The molecule has 0 atom stereocenters. The number of hydrogen-bond acceptors (Lipinski definition) is 6. The van der Waals surface area contributed by atoms with E-state index < -0.39 is 0 Å². The molecule has 0 radical (unpaired) electrons.